The Balaban J connectivity index is 2.01. The van der Waals surface area contributed by atoms with Crippen molar-refractivity contribution in [3.05, 3.63) is 35.4 Å². The SMILES string of the molecule is CCN(Cc1ccc(C(F)(F)F)cc1)C1CCNC1. The van der Waals surface area contributed by atoms with E-state index in [4.69, 9.17) is 0 Å². The molecule has 1 atom stereocenters. The molecule has 0 aromatic heterocycles. The number of alkyl halides is 3. The van der Waals surface area contributed by atoms with E-state index in [2.05, 4.69) is 17.1 Å². The molecule has 0 amide bonds. The first-order valence-corrected chi connectivity index (χ1v) is 6.61. The maximum absolute atomic E-state index is 12.5. The molecule has 0 radical (unpaired) electrons. The summed E-state index contributed by atoms with van der Waals surface area (Å²) in [5.74, 6) is 0. The number of benzene rings is 1. The summed E-state index contributed by atoms with van der Waals surface area (Å²) in [5, 5.41) is 3.31. The molecule has 1 aromatic rings. The molecule has 2 rings (SSSR count). The largest absolute Gasteiger partial charge is 0.416 e. The van der Waals surface area contributed by atoms with Crippen LogP contribution in [0.3, 0.4) is 0 Å². The Morgan fingerprint density at radius 3 is 2.42 bits per heavy atom. The average Bonchev–Trinajstić information content (AvgIpc) is 2.89. The Labute approximate surface area is 111 Å². The molecule has 106 valence electrons. The van der Waals surface area contributed by atoms with Crippen LogP contribution in [0.1, 0.15) is 24.5 Å². The first-order chi connectivity index (χ1) is 9.00. The predicted octanol–water partition coefficient (Wildman–Crippen LogP) is 2.89. The van der Waals surface area contributed by atoms with Crippen molar-refractivity contribution < 1.29 is 13.2 Å². The smallest absolute Gasteiger partial charge is 0.315 e. The molecule has 1 N–H and O–H groups in total. The molecule has 1 saturated heterocycles. The van der Waals surface area contributed by atoms with E-state index in [0.29, 0.717) is 12.6 Å². The highest BCUT2D eigenvalue weighted by atomic mass is 19.4. The summed E-state index contributed by atoms with van der Waals surface area (Å²) in [6, 6.07) is 5.97. The van der Waals surface area contributed by atoms with Gasteiger partial charge in [0.2, 0.25) is 0 Å². The Morgan fingerprint density at radius 1 is 1.26 bits per heavy atom. The van der Waals surface area contributed by atoms with Crippen molar-refractivity contribution in [3.8, 4) is 0 Å². The van der Waals surface area contributed by atoms with Crippen LogP contribution in [0.5, 0.6) is 0 Å². The van der Waals surface area contributed by atoms with Crippen LogP contribution in [0.2, 0.25) is 0 Å². The summed E-state index contributed by atoms with van der Waals surface area (Å²) in [6.07, 6.45) is -3.15. The minimum absolute atomic E-state index is 0.493. The van der Waals surface area contributed by atoms with Crippen molar-refractivity contribution in [2.75, 3.05) is 19.6 Å². The minimum atomic E-state index is -4.25. The quantitative estimate of drug-likeness (QED) is 0.906. The lowest BCUT2D eigenvalue weighted by Crippen LogP contribution is -2.36. The third-order valence-corrected chi connectivity index (χ3v) is 3.62. The summed E-state index contributed by atoms with van der Waals surface area (Å²) in [7, 11) is 0. The third kappa shape index (κ3) is 3.70. The zero-order chi connectivity index (χ0) is 13.9. The van der Waals surface area contributed by atoms with Gasteiger partial charge in [0, 0.05) is 19.1 Å². The molecule has 1 fully saturated rings. The van der Waals surface area contributed by atoms with Gasteiger partial charge in [-0.15, -0.1) is 0 Å². The Kier molecular flexibility index (Phi) is 4.47. The number of hydrogen-bond donors (Lipinski definition) is 1. The molecule has 0 bridgehead atoms. The molecule has 1 aliphatic rings. The van der Waals surface area contributed by atoms with Gasteiger partial charge in [0.15, 0.2) is 0 Å². The van der Waals surface area contributed by atoms with Gasteiger partial charge in [-0.05, 0) is 37.2 Å². The van der Waals surface area contributed by atoms with Crippen LogP contribution < -0.4 is 5.32 Å². The highest BCUT2D eigenvalue weighted by Crippen LogP contribution is 2.29. The van der Waals surface area contributed by atoms with Gasteiger partial charge >= 0.3 is 6.18 Å². The summed E-state index contributed by atoms with van der Waals surface area (Å²) < 4.78 is 37.4. The maximum atomic E-state index is 12.5. The summed E-state index contributed by atoms with van der Waals surface area (Å²) in [4.78, 5) is 2.31. The fourth-order valence-corrected chi connectivity index (χ4v) is 2.48. The number of likely N-dealkylation sites (N-methyl/N-ethyl adjacent to an activating group) is 1. The summed E-state index contributed by atoms with van der Waals surface area (Å²) in [6.45, 7) is 5.69. The molecular weight excluding hydrogens is 253 g/mol. The Hall–Kier alpha value is -1.07. The van der Waals surface area contributed by atoms with Gasteiger partial charge < -0.3 is 5.32 Å². The summed E-state index contributed by atoms with van der Waals surface area (Å²) in [5.41, 5.74) is 0.351. The second-order valence-corrected chi connectivity index (χ2v) is 4.90. The van der Waals surface area contributed by atoms with Gasteiger partial charge in [-0.25, -0.2) is 0 Å². The van der Waals surface area contributed by atoms with Gasteiger partial charge in [-0.3, -0.25) is 4.90 Å². The van der Waals surface area contributed by atoms with Gasteiger partial charge in [-0.2, -0.15) is 13.2 Å². The van der Waals surface area contributed by atoms with E-state index >= 15 is 0 Å². The Morgan fingerprint density at radius 2 is 1.95 bits per heavy atom. The number of rotatable bonds is 4. The second-order valence-electron chi connectivity index (χ2n) is 4.90. The molecule has 1 heterocycles. The van der Waals surface area contributed by atoms with Gasteiger partial charge in [0.05, 0.1) is 5.56 Å². The van der Waals surface area contributed by atoms with Crippen molar-refractivity contribution in [2.45, 2.75) is 32.1 Å². The molecule has 0 spiro atoms. The first-order valence-electron chi connectivity index (χ1n) is 6.61. The fraction of sp³-hybridized carbons (Fsp3) is 0.571. The predicted molar refractivity (Wildman–Crippen MR) is 68.8 cm³/mol. The third-order valence-electron chi connectivity index (χ3n) is 3.62. The number of hydrogen-bond acceptors (Lipinski definition) is 2. The molecule has 1 aliphatic heterocycles. The lowest BCUT2D eigenvalue weighted by atomic mass is 10.1. The first kappa shape index (κ1) is 14.3. The molecule has 19 heavy (non-hydrogen) atoms. The number of nitrogens with zero attached hydrogens (tertiary/aromatic N) is 1. The van der Waals surface area contributed by atoms with E-state index in [1.165, 1.54) is 0 Å². The average molecular weight is 272 g/mol. The minimum Gasteiger partial charge on any atom is -0.315 e. The van der Waals surface area contributed by atoms with Crippen molar-refractivity contribution in [3.63, 3.8) is 0 Å². The standard InChI is InChI=1S/C14H19F3N2/c1-2-19(13-7-8-18-9-13)10-11-3-5-12(6-4-11)14(15,16)17/h3-6,13,18H,2,7-10H2,1H3. The van der Waals surface area contributed by atoms with E-state index in [0.717, 1.165) is 43.8 Å². The number of nitrogens with one attached hydrogen (secondary N) is 1. The van der Waals surface area contributed by atoms with E-state index in [1.54, 1.807) is 12.1 Å². The zero-order valence-electron chi connectivity index (χ0n) is 11.0. The van der Waals surface area contributed by atoms with Crippen LogP contribution in [0, 0.1) is 0 Å². The molecule has 1 aromatic carbocycles. The van der Waals surface area contributed by atoms with E-state index in [1.807, 2.05) is 0 Å². The van der Waals surface area contributed by atoms with Crippen LogP contribution in [-0.4, -0.2) is 30.6 Å². The van der Waals surface area contributed by atoms with Gasteiger partial charge in [0.1, 0.15) is 0 Å². The zero-order valence-corrected chi connectivity index (χ0v) is 11.0. The summed E-state index contributed by atoms with van der Waals surface area (Å²) >= 11 is 0. The van der Waals surface area contributed by atoms with Crippen LogP contribution in [0.15, 0.2) is 24.3 Å². The Bertz CT molecular complexity index is 394. The van der Waals surface area contributed by atoms with Crippen LogP contribution in [-0.2, 0) is 12.7 Å². The van der Waals surface area contributed by atoms with Crippen molar-refractivity contribution in [1.29, 1.82) is 0 Å². The molecule has 2 nitrogen and oxygen atoms in total. The monoisotopic (exact) mass is 272 g/mol. The lowest BCUT2D eigenvalue weighted by Gasteiger charge is -2.27. The fourth-order valence-electron chi connectivity index (χ4n) is 2.48. The second kappa shape index (κ2) is 5.92. The van der Waals surface area contributed by atoms with Crippen LogP contribution in [0.25, 0.3) is 0 Å². The van der Waals surface area contributed by atoms with Crippen molar-refractivity contribution in [1.82, 2.24) is 10.2 Å². The van der Waals surface area contributed by atoms with E-state index in [9.17, 15) is 13.2 Å². The molecule has 0 saturated carbocycles. The highest BCUT2D eigenvalue weighted by Gasteiger charge is 2.30. The lowest BCUT2D eigenvalue weighted by molar-refractivity contribution is -0.137. The number of halogens is 3. The molecule has 1 unspecified atom stereocenters. The molecular formula is C14H19F3N2. The van der Waals surface area contributed by atoms with Crippen molar-refractivity contribution >= 4 is 0 Å². The normalized spacial score (nSPS) is 20.2. The van der Waals surface area contributed by atoms with E-state index in [-0.39, 0.29) is 0 Å². The van der Waals surface area contributed by atoms with Gasteiger partial charge in [0.25, 0.3) is 0 Å². The van der Waals surface area contributed by atoms with Gasteiger partial charge in [-0.1, -0.05) is 19.1 Å². The van der Waals surface area contributed by atoms with E-state index < -0.39 is 11.7 Å². The van der Waals surface area contributed by atoms with Crippen molar-refractivity contribution in [2.24, 2.45) is 0 Å². The maximum Gasteiger partial charge on any atom is 0.416 e. The molecule has 5 heteroatoms. The van der Waals surface area contributed by atoms with Crippen LogP contribution in [0.4, 0.5) is 13.2 Å². The molecule has 0 aliphatic carbocycles. The topological polar surface area (TPSA) is 15.3 Å². The highest BCUT2D eigenvalue weighted by molar-refractivity contribution is 5.24. The van der Waals surface area contributed by atoms with Crippen LogP contribution >= 0.6 is 0 Å².